The van der Waals surface area contributed by atoms with Crippen LogP contribution in [0, 0.1) is 5.92 Å². The number of ether oxygens (including phenoxy) is 2. The van der Waals surface area contributed by atoms with Crippen molar-refractivity contribution >= 4 is 17.5 Å². The molecule has 3 atom stereocenters. The molecule has 0 aromatic heterocycles. The van der Waals surface area contributed by atoms with Gasteiger partial charge in [-0.05, 0) is 53.9 Å². The van der Waals surface area contributed by atoms with Gasteiger partial charge in [-0.3, -0.25) is 9.59 Å². The number of hydrazine groups is 1. The summed E-state index contributed by atoms with van der Waals surface area (Å²) in [6.45, 7) is 1.51. The molecule has 6 rings (SSSR count). The summed E-state index contributed by atoms with van der Waals surface area (Å²) in [6.07, 6.45) is 0.929. The van der Waals surface area contributed by atoms with E-state index in [0.29, 0.717) is 18.0 Å². The summed E-state index contributed by atoms with van der Waals surface area (Å²) in [4.78, 5) is 30.1. The monoisotopic (exact) mass is 469 g/mol. The molecule has 0 spiro atoms. The zero-order valence-corrected chi connectivity index (χ0v) is 19.8. The number of benzene rings is 3. The van der Waals surface area contributed by atoms with Crippen molar-refractivity contribution in [2.24, 2.45) is 5.92 Å². The standard InChI is InChI=1S/C28H27N3O4/c1-34-22-13-9-19(10-14-22)25-24-26(32)31(21-11-15-23(35-2)16-12-21)27(33)28(24,20-7-4-3-5-8-20)30-18-6-17-29(25)30/h3-5,7-16,24-25H,6,17-18H2,1-2H3/t24-,25+,28-/m1/s1. The van der Waals surface area contributed by atoms with E-state index in [2.05, 4.69) is 10.0 Å². The van der Waals surface area contributed by atoms with E-state index in [1.165, 1.54) is 4.90 Å². The summed E-state index contributed by atoms with van der Waals surface area (Å²) in [5.74, 6) is 0.458. The zero-order valence-electron chi connectivity index (χ0n) is 19.8. The fourth-order valence-corrected chi connectivity index (χ4v) is 6.11. The molecule has 3 saturated heterocycles. The number of methoxy groups -OCH3 is 2. The number of carbonyl (C=O) groups is 2. The fraction of sp³-hybridized carbons (Fsp3) is 0.286. The predicted molar refractivity (Wildman–Crippen MR) is 131 cm³/mol. The van der Waals surface area contributed by atoms with Gasteiger partial charge >= 0.3 is 0 Å². The first-order valence-electron chi connectivity index (χ1n) is 11.9. The Bertz CT molecular complexity index is 1260. The summed E-state index contributed by atoms with van der Waals surface area (Å²) < 4.78 is 10.6. The molecule has 178 valence electrons. The Morgan fingerprint density at radius 3 is 2.06 bits per heavy atom. The van der Waals surface area contributed by atoms with Crippen LogP contribution >= 0.6 is 0 Å². The maximum atomic E-state index is 14.5. The van der Waals surface area contributed by atoms with E-state index < -0.39 is 11.5 Å². The smallest absolute Gasteiger partial charge is 0.261 e. The summed E-state index contributed by atoms with van der Waals surface area (Å²) in [6, 6.07) is 24.5. The molecule has 0 aliphatic carbocycles. The molecule has 0 radical (unpaired) electrons. The highest BCUT2D eigenvalue weighted by molar-refractivity contribution is 6.26. The number of hydrogen-bond donors (Lipinski definition) is 0. The third kappa shape index (κ3) is 2.98. The van der Waals surface area contributed by atoms with E-state index in [1.807, 2.05) is 54.6 Å². The van der Waals surface area contributed by atoms with E-state index >= 15 is 0 Å². The lowest BCUT2D eigenvalue weighted by Gasteiger charge is -2.36. The molecule has 3 aromatic carbocycles. The van der Waals surface area contributed by atoms with Gasteiger partial charge in [-0.2, -0.15) is 0 Å². The fourth-order valence-electron chi connectivity index (χ4n) is 6.11. The van der Waals surface area contributed by atoms with Crippen LogP contribution in [0.3, 0.4) is 0 Å². The number of hydrogen-bond acceptors (Lipinski definition) is 6. The van der Waals surface area contributed by atoms with Gasteiger partial charge in [0.1, 0.15) is 11.5 Å². The topological polar surface area (TPSA) is 62.3 Å². The van der Waals surface area contributed by atoms with Gasteiger partial charge in [0, 0.05) is 13.1 Å². The third-order valence-electron chi connectivity index (χ3n) is 7.58. The lowest BCUT2D eigenvalue weighted by Crippen LogP contribution is -2.52. The van der Waals surface area contributed by atoms with Gasteiger partial charge in [0.05, 0.1) is 31.9 Å². The molecule has 3 fully saturated rings. The normalized spacial score (nSPS) is 26.2. The van der Waals surface area contributed by atoms with Crippen LogP contribution in [0.25, 0.3) is 0 Å². The maximum absolute atomic E-state index is 14.5. The Morgan fingerprint density at radius 2 is 1.43 bits per heavy atom. The summed E-state index contributed by atoms with van der Waals surface area (Å²) in [5.41, 5.74) is 1.31. The number of anilines is 1. The molecule has 3 heterocycles. The van der Waals surface area contributed by atoms with Crippen molar-refractivity contribution in [1.29, 1.82) is 0 Å². The molecule has 7 nitrogen and oxygen atoms in total. The molecular weight excluding hydrogens is 442 g/mol. The van der Waals surface area contributed by atoms with Crippen molar-refractivity contribution in [1.82, 2.24) is 10.0 Å². The van der Waals surface area contributed by atoms with Gasteiger partial charge in [-0.1, -0.05) is 42.5 Å². The highest BCUT2D eigenvalue weighted by Gasteiger charge is 2.73. The second kappa shape index (κ2) is 8.22. The molecule has 0 unspecified atom stereocenters. The van der Waals surface area contributed by atoms with Crippen LogP contribution in [0.2, 0.25) is 0 Å². The van der Waals surface area contributed by atoms with E-state index in [1.54, 1.807) is 38.5 Å². The molecule has 0 saturated carbocycles. The molecule has 3 aliphatic rings. The number of fused-ring (bicyclic) bond motifs is 3. The van der Waals surface area contributed by atoms with Crippen molar-refractivity contribution < 1.29 is 19.1 Å². The lowest BCUT2D eigenvalue weighted by molar-refractivity contribution is -0.134. The van der Waals surface area contributed by atoms with Crippen LogP contribution in [0.15, 0.2) is 78.9 Å². The number of amides is 2. The molecular formula is C28H27N3O4. The van der Waals surface area contributed by atoms with Crippen LogP contribution in [-0.2, 0) is 15.1 Å². The van der Waals surface area contributed by atoms with Gasteiger partial charge in [0.15, 0.2) is 5.54 Å². The van der Waals surface area contributed by atoms with E-state index in [-0.39, 0.29) is 17.9 Å². The number of carbonyl (C=O) groups excluding carboxylic acids is 2. The van der Waals surface area contributed by atoms with Crippen molar-refractivity contribution in [3.63, 3.8) is 0 Å². The minimum Gasteiger partial charge on any atom is -0.497 e. The summed E-state index contributed by atoms with van der Waals surface area (Å²) >= 11 is 0. The first-order chi connectivity index (χ1) is 17.1. The summed E-state index contributed by atoms with van der Waals surface area (Å²) in [7, 11) is 3.23. The second-order valence-corrected chi connectivity index (χ2v) is 9.14. The van der Waals surface area contributed by atoms with Gasteiger partial charge in [-0.15, -0.1) is 0 Å². The number of nitrogens with zero attached hydrogens (tertiary/aromatic N) is 3. The molecule has 7 heteroatoms. The molecule has 0 N–H and O–H groups in total. The molecule has 3 aliphatic heterocycles. The molecule has 2 amide bonds. The Kier molecular flexibility index (Phi) is 5.12. The second-order valence-electron chi connectivity index (χ2n) is 9.14. The average Bonchev–Trinajstić information content (AvgIpc) is 3.55. The van der Waals surface area contributed by atoms with Crippen molar-refractivity contribution in [3.05, 3.63) is 90.0 Å². The van der Waals surface area contributed by atoms with Gasteiger partial charge in [-0.25, -0.2) is 14.9 Å². The first-order valence-corrected chi connectivity index (χ1v) is 11.9. The SMILES string of the molecule is COc1ccc([C@H]2[C@@H]3C(=O)N(c4ccc(OC)cc4)C(=O)[C@]3(c3ccccc3)N3CCCN23)cc1. The van der Waals surface area contributed by atoms with Gasteiger partial charge < -0.3 is 9.47 Å². The van der Waals surface area contributed by atoms with Crippen molar-refractivity contribution in [2.45, 2.75) is 18.0 Å². The third-order valence-corrected chi connectivity index (χ3v) is 7.58. The minimum atomic E-state index is -1.10. The Morgan fingerprint density at radius 1 is 0.800 bits per heavy atom. The van der Waals surface area contributed by atoms with Crippen LogP contribution < -0.4 is 14.4 Å². The van der Waals surface area contributed by atoms with E-state index in [0.717, 1.165) is 29.8 Å². The lowest BCUT2D eigenvalue weighted by atomic mass is 9.75. The average molecular weight is 470 g/mol. The van der Waals surface area contributed by atoms with Crippen LogP contribution in [-0.4, -0.2) is 49.1 Å². The number of imide groups is 1. The van der Waals surface area contributed by atoms with Gasteiger partial charge in [0.25, 0.3) is 5.91 Å². The van der Waals surface area contributed by atoms with Crippen LogP contribution in [0.4, 0.5) is 5.69 Å². The highest BCUT2D eigenvalue weighted by Crippen LogP contribution is 2.59. The quantitative estimate of drug-likeness (QED) is 0.531. The van der Waals surface area contributed by atoms with Crippen LogP contribution in [0.1, 0.15) is 23.6 Å². The Hall–Kier alpha value is -3.68. The number of rotatable bonds is 5. The molecule has 0 bridgehead atoms. The van der Waals surface area contributed by atoms with Crippen LogP contribution in [0.5, 0.6) is 11.5 Å². The first kappa shape index (κ1) is 21.8. The minimum absolute atomic E-state index is 0.181. The van der Waals surface area contributed by atoms with Crippen molar-refractivity contribution in [2.75, 3.05) is 32.2 Å². The Balaban J connectivity index is 1.55. The largest absolute Gasteiger partial charge is 0.497 e. The van der Waals surface area contributed by atoms with Crippen molar-refractivity contribution in [3.8, 4) is 11.5 Å². The highest BCUT2D eigenvalue weighted by atomic mass is 16.5. The molecule has 35 heavy (non-hydrogen) atoms. The zero-order chi connectivity index (χ0) is 24.2. The summed E-state index contributed by atoms with van der Waals surface area (Å²) in [5, 5.41) is 4.40. The van der Waals surface area contributed by atoms with Gasteiger partial charge in [0.2, 0.25) is 5.91 Å². The maximum Gasteiger partial charge on any atom is 0.261 e. The van der Waals surface area contributed by atoms with E-state index in [4.69, 9.17) is 9.47 Å². The predicted octanol–water partition coefficient (Wildman–Crippen LogP) is 3.77. The molecule has 3 aromatic rings. The Labute approximate surface area is 204 Å². The van der Waals surface area contributed by atoms with E-state index in [9.17, 15) is 9.59 Å².